The van der Waals surface area contributed by atoms with Crippen molar-refractivity contribution in [3.63, 3.8) is 0 Å². The van der Waals surface area contributed by atoms with Gasteiger partial charge in [0.1, 0.15) is 15.8 Å². The molecular weight excluding hydrogens is 268 g/mol. The van der Waals surface area contributed by atoms with Crippen LogP contribution in [0.2, 0.25) is 5.15 Å². The molecule has 0 saturated heterocycles. The number of likely N-dealkylation sites (N-methyl/N-ethyl adjacent to an activating group) is 2. The van der Waals surface area contributed by atoms with Crippen LogP contribution in [0, 0.1) is 0 Å². The minimum absolute atomic E-state index is 0.553. The Bertz CT molecular complexity index is 526. The Morgan fingerprint density at radius 2 is 2.00 bits per heavy atom. The number of thiophene rings is 1. The summed E-state index contributed by atoms with van der Waals surface area (Å²) in [4.78, 5) is 14.2. The fourth-order valence-electron chi connectivity index (χ4n) is 1.62. The first-order valence-electron chi connectivity index (χ1n) is 5.79. The van der Waals surface area contributed by atoms with Gasteiger partial charge < -0.3 is 4.90 Å². The van der Waals surface area contributed by atoms with Gasteiger partial charge in [0.05, 0.1) is 6.54 Å². The summed E-state index contributed by atoms with van der Waals surface area (Å²) in [5, 5.41) is 3.49. The van der Waals surface area contributed by atoms with Crippen molar-refractivity contribution in [2.45, 2.75) is 6.54 Å². The van der Waals surface area contributed by atoms with Crippen LogP contribution in [0.25, 0.3) is 10.2 Å². The van der Waals surface area contributed by atoms with Crippen LogP contribution in [0.15, 0.2) is 11.4 Å². The van der Waals surface area contributed by atoms with Gasteiger partial charge in [-0.1, -0.05) is 11.6 Å². The van der Waals surface area contributed by atoms with Crippen LogP contribution in [-0.4, -0.2) is 54.0 Å². The van der Waals surface area contributed by atoms with Crippen molar-refractivity contribution in [1.29, 1.82) is 0 Å². The second kappa shape index (κ2) is 5.93. The largest absolute Gasteiger partial charge is 0.308 e. The third-order valence-electron chi connectivity index (χ3n) is 2.67. The Kier molecular flexibility index (Phi) is 4.50. The summed E-state index contributed by atoms with van der Waals surface area (Å²) >= 11 is 7.74. The fourth-order valence-corrected chi connectivity index (χ4v) is 2.71. The molecular formula is C12H17ClN4S. The minimum atomic E-state index is 0.553. The molecule has 0 unspecified atom stereocenters. The quantitative estimate of drug-likeness (QED) is 0.789. The number of aromatic nitrogens is 2. The summed E-state index contributed by atoms with van der Waals surface area (Å²) in [6.07, 6.45) is 0. The maximum absolute atomic E-state index is 6.14. The zero-order valence-corrected chi connectivity index (χ0v) is 12.4. The van der Waals surface area contributed by atoms with Gasteiger partial charge in [0.2, 0.25) is 0 Å². The minimum Gasteiger partial charge on any atom is -0.308 e. The van der Waals surface area contributed by atoms with Crippen LogP contribution in [0.4, 0.5) is 0 Å². The molecule has 0 spiro atoms. The molecule has 98 valence electrons. The molecule has 2 heterocycles. The smallest absolute Gasteiger partial charge is 0.145 e. The lowest BCUT2D eigenvalue weighted by Gasteiger charge is -2.18. The van der Waals surface area contributed by atoms with Gasteiger partial charge in [0.15, 0.2) is 0 Å². The SMILES string of the molecule is CN(C)CCN(C)Cc1nc(Cl)c2ccsc2n1. The van der Waals surface area contributed by atoms with E-state index < -0.39 is 0 Å². The fraction of sp³-hybridized carbons (Fsp3) is 0.500. The predicted octanol–water partition coefficient (Wildman–Crippen LogP) is 2.34. The van der Waals surface area contributed by atoms with E-state index in [4.69, 9.17) is 11.6 Å². The van der Waals surface area contributed by atoms with E-state index >= 15 is 0 Å². The van der Waals surface area contributed by atoms with Crippen LogP contribution >= 0.6 is 22.9 Å². The van der Waals surface area contributed by atoms with Gasteiger partial charge in [0, 0.05) is 18.5 Å². The van der Waals surface area contributed by atoms with E-state index in [0.29, 0.717) is 5.15 Å². The molecule has 2 rings (SSSR count). The molecule has 0 bridgehead atoms. The standard InChI is InChI=1S/C12H17ClN4S/c1-16(2)5-6-17(3)8-10-14-11(13)9-4-7-18-12(9)15-10/h4,7H,5-6,8H2,1-3H3. The Hall–Kier alpha value is -0.750. The van der Waals surface area contributed by atoms with Gasteiger partial charge >= 0.3 is 0 Å². The zero-order chi connectivity index (χ0) is 13.1. The first-order valence-corrected chi connectivity index (χ1v) is 7.05. The highest BCUT2D eigenvalue weighted by Gasteiger charge is 2.09. The van der Waals surface area contributed by atoms with Gasteiger partial charge in [-0.25, -0.2) is 9.97 Å². The van der Waals surface area contributed by atoms with E-state index in [9.17, 15) is 0 Å². The average Bonchev–Trinajstić information content (AvgIpc) is 2.75. The second-order valence-electron chi connectivity index (χ2n) is 4.61. The van der Waals surface area contributed by atoms with E-state index in [-0.39, 0.29) is 0 Å². The molecule has 6 heteroatoms. The molecule has 0 aliphatic heterocycles. The normalized spacial score (nSPS) is 11.9. The highest BCUT2D eigenvalue weighted by Crippen LogP contribution is 2.24. The first kappa shape index (κ1) is 13.7. The van der Waals surface area contributed by atoms with E-state index in [1.54, 1.807) is 11.3 Å². The molecule has 2 aromatic heterocycles. The Morgan fingerprint density at radius 1 is 1.22 bits per heavy atom. The lowest BCUT2D eigenvalue weighted by Crippen LogP contribution is -2.28. The van der Waals surface area contributed by atoms with Crippen LogP contribution in [0.5, 0.6) is 0 Å². The van der Waals surface area contributed by atoms with Crippen molar-refractivity contribution < 1.29 is 0 Å². The number of halogens is 1. The van der Waals surface area contributed by atoms with Gasteiger partial charge in [0.25, 0.3) is 0 Å². The zero-order valence-electron chi connectivity index (χ0n) is 10.9. The van der Waals surface area contributed by atoms with Gasteiger partial charge in [-0.05, 0) is 32.6 Å². The topological polar surface area (TPSA) is 32.3 Å². The molecule has 0 aliphatic rings. The Morgan fingerprint density at radius 3 is 2.72 bits per heavy atom. The van der Waals surface area contributed by atoms with Gasteiger partial charge in [-0.15, -0.1) is 11.3 Å². The number of fused-ring (bicyclic) bond motifs is 1. The van der Waals surface area contributed by atoms with Crippen molar-refractivity contribution in [3.8, 4) is 0 Å². The Labute approximate surface area is 116 Å². The van der Waals surface area contributed by atoms with Crippen molar-refractivity contribution >= 4 is 33.2 Å². The maximum atomic E-state index is 6.14. The molecule has 0 radical (unpaired) electrons. The van der Waals surface area contributed by atoms with Crippen LogP contribution < -0.4 is 0 Å². The molecule has 0 amide bonds. The van der Waals surface area contributed by atoms with Crippen molar-refractivity contribution in [3.05, 3.63) is 22.4 Å². The highest BCUT2D eigenvalue weighted by molar-refractivity contribution is 7.16. The number of nitrogens with zero attached hydrogens (tertiary/aromatic N) is 4. The summed E-state index contributed by atoms with van der Waals surface area (Å²) < 4.78 is 0. The van der Waals surface area contributed by atoms with E-state index in [1.165, 1.54) is 0 Å². The molecule has 0 aromatic carbocycles. The van der Waals surface area contributed by atoms with Gasteiger partial charge in [-0.2, -0.15) is 0 Å². The molecule has 0 atom stereocenters. The summed E-state index contributed by atoms with van der Waals surface area (Å²) in [6.45, 7) is 2.73. The summed E-state index contributed by atoms with van der Waals surface area (Å²) in [5.74, 6) is 0.788. The third kappa shape index (κ3) is 3.38. The second-order valence-corrected chi connectivity index (χ2v) is 5.86. The maximum Gasteiger partial charge on any atom is 0.145 e. The van der Waals surface area contributed by atoms with Crippen molar-refractivity contribution in [2.75, 3.05) is 34.2 Å². The van der Waals surface area contributed by atoms with E-state index in [1.807, 2.05) is 11.4 Å². The molecule has 2 aromatic rings. The van der Waals surface area contributed by atoms with Crippen molar-refractivity contribution in [1.82, 2.24) is 19.8 Å². The third-order valence-corrected chi connectivity index (χ3v) is 3.76. The van der Waals surface area contributed by atoms with Crippen molar-refractivity contribution in [2.24, 2.45) is 0 Å². The van der Waals surface area contributed by atoms with Crippen LogP contribution in [-0.2, 0) is 6.54 Å². The molecule has 0 N–H and O–H groups in total. The van der Waals surface area contributed by atoms with E-state index in [0.717, 1.165) is 35.7 Å². The number of hydrogen-bond acceptors (Lipinski definition) is 5. The molecule has 0 saturated carbocycles. The number of hydrogen-bond donors (Lipinski definition) is 0. The lowest BCUT2D eigenvalue weighted by atomic mass is 10.4. The predicted molar refractivity (Wildman–Crippen MR) is 77.3 cm³/mol. The molecule has 4 nitrogen and oxygen atoms in total. The summed E-state index contributed by atoms with van der Waals surface area (Å²) in [5.41, 5.74) is 0. The summed E-state index contributed by atoms with van der Waals surface area (Å²) in [6, 6.07) is 1.96. The van der Waals surface area contributed by atoms with Crippen LogP contribution in [0.1, 0.15) is 5.82 Å². The average molecular weight is 285 g/mol. The summed E-state index contributed by atoms with van der Waals surface area (Å²) in [7, 11) is 6.21. The Balaban J connectivity index is 2.07. The first-order chi connectivity index (χ1) is 8.56. The number of rotatable bonds is 5. The van der Waals surface area contributed by atoms with Gasteiger partial charge in [-0.3, -0.25) is 4.90 Å². The van der Waals surface area contributed by atoms with Crippen LogP contribution in [0.3, 0.4) is 0 Å². The monoisotopic (exact) mass is 284 g/mol. The highest BCUT2D eigenvalue weighted by atomic mass is 35.5. The lowest BCUT2D eigenvalue weighted by molar-refractivity contribution is 0.271. The molecule has 0 fully saturated rings. The molecule has 18 heavy (non-hydrogen) atoms. The van der Waals surface area contributed by atoms with E-state index in [2.05, 4.69) is 40.9 Å². The molecule has 0 aliphatic carbocycles.